The maximum atomic E-state index is 13.9. The van der Waals surface area contributed by atoms with E-state index in [0.717, 1.165) is 0 Å². The standard InChI is InChI=1S/C20H23FN2O3S/c1-15(18-9-5-6-10-19(18)21)22-13-20(24)23(16-7-3-2-4-8-16)17-11-12-27(25,26)14-17/h2-10,15,17,22H,11-14H2,1H3. The van der Waals surface area contributed by atoms with Gasteiger partial charge in [0.1, 0.15) is 5.82 Å². The molecule has 0 bridgehead atoms. The van der Waals surface area contributed by atoms with Crippen molar-refractivity contribution in [1.82, 2.24) is 5.32 Å². The van der Waals surface area contributed by atoms with E-state index in [4.69, 9.17) is 0 Å². The number of halogens is 1. The van der Waals surface area contributed by atoms with Gasteiger partial charge < -0.3 is 10.2 Å². The molecule has 0 saturated carbocycles. The molecule has 2 unspecified atom stereocenters. The van der Waals surface area contributed by atoms with Crippen LogP contribution in [0, 0.1) is 5.82 Å². The highest BCUT2D eigenvalue weighted by molar-refractivity contribution is 7.91. The fraction of sp³-hybridized carbons (Fsp3) is 0.350. The van der Waals surface area contributed by atoms with Crippen molar-refractivity contribution in [3.05, 3.63) is 66.0 Å². The number of nitrogens with one attached hydrogen (secondary N) is 1. The highest BCUT2D eigenvalue weighted by Crippen LogP contribution is 2.25. The summed E-state index contributed by atoms with van der Waals surface area (Å²) in [6.07, 6.45) is 0.422. The van der Waals surface area contributed by atoms with E-state index >= 15 is 0 Å². The number of rotatable bonds is 6. The molecule has 1 heterocycles. The van der Waals surface area contributed by atoms with E-state index in [1.165, 1.54) is 6.07 Å². The Morgan fingerprint density at radius 1 is 1.19 bits per heavy atom. The van der Waals surface area contributed by atoms with Crippen LogP contribution in [0.1, 0.15) is 24.9 Å². The SMILES string of the molecule is CC(NCC(=O)N(c1ccccc1)C1CCS(=O)(=O)C1)c1ccccc1F. The molecule has 2 aromatic rings. The fourth-order valence-corrected chi connectivity index (χ4v) is 5.09. The zero-order valence-corrected chi connectivity index (χ0v) is 16.0. The first-order chi connectivity index (χ1) is 12.9. The van der Waals surface area contributed by atoms with E-state index in [-0.39, 0.29) is 41.9 Å². The van der Waals surface area contributed by atoms with E-state index in [1.54, 1.807) is 42.2 Å². The molecule has 3 rings (SSSR count). The van der Waals surface area contributed by atoms with Gasteiger partial charge in [0, 0.05) is 17.3 Å². The topological polar surface area (TPSA) is 66.5 Å². The van der Waals surface area contributed by atoms with Gasteiger partial charge in [-0.2, -0.15) is 0 Å². The van der Waals surface area contributed by atoms with Gasteiger partial charge in [-0.25, -0.2) is 12.8 Å². The van der Waals surface area contributed by atoms with Crippen molar-refractivity contribution in [3.8, 4) is 0 Å². The van der Waals surface area contributed by atoms with Crippen LogP contribution in [0.2, 0.25) is 0 Å². The molecule has 0 aromatic heterocycles. The maximum absolute atomic E-state index is 13.9. The van der Waals surface area contributed by atoms with Crippen LogP contribution in [0.4, 0.5) is 10.1 Å². The summed E-state index contributed by atoms with van der Waals surface area (Å²) in [7, 11) is -3.13. The Kier molecular flexibility index (Phi) is 5.92. The number of anilines is 1. The van der Waals surface area contributed by atoms with Gasteiger partial charge in [-0.3, -0.25) is 4.79 Å². The minimum atomic E-state index is -3.13. The molecule has 7 heteroatoms. The van der Waals surface area contributed by atoms with E-state index in [9.17, 15) is 17.6 Å². The van der Waals surface area contributed by atoms with Crippen LogP contribution in [0.5, 0.6) is 0 Å². The molecule has 1 fully saturated rings. The Morgan fingerprint density at radius 3 is 2.48 bits per heavy atom. The normalized spacial score (nSPS) is 19.6. The largest absolute Gasteiger partial charge is 0.307 e. The summed E-state index contributed by atoms with van der Waals surface area (Å²) in [5, 5.41) is 3.05. The molecule has 1 saturated heterocycles. The number of para-hydroxylation sites is 1. The molecule has 2 aromatic carbocycles. The molecular formula is C20H23FN2O3S. The number of hydrogen-bond acceptors (Lipinski definition) is 4. The van der Waals surface area contributed by atoms with Crippen LogP contribution in [-0.2, 0) is 14.6 Å². The summed E-state index contributed by atoms with van der Waals surface area (Å²) >= 11 is 0. The van der Waals surface area contributed by atoms with Gasteiger partial charge in [0.25, 0.3) is 0 Å². The number of carbonyl (C=O) groups is 1. The predicted octanol–water partition coefficient (Wildman–Crippen LogP) is 2.70. The number of carbonyl (C=O) groups excluding carboxylic acids is 1. The summed E-state index contributed by atoms with van der Waals surface area (Å²) in [6, 6.07) is 14.8. The monoisotopic (exact) mass is 390 g/mol. The van der Waals surface area contributed by atoms with Crippen LogP contribution < -0.4 is 10.2 Å². The third-order valence-corrected chi connectivity index (χ3v) is 6.56. The molecular weight excluding hydrogens is 367 g/mol. The number of nitrogens with zero attached hydrogens (tertiary/aromatic N) is 1. The minimum Gasteiger partial charge on any atom is -0.307 e. The summed E-state index contributed by atoms with van der Waals surface area (Å²) < 4.78 is 37.7. The highest BCUT2D eigenvalue weighted by atomic mass is 32.2. The lowest BCUT2D eigenvalue weighted by Gasteiger charge is -2.29. The van der Waals surface area contributed by atoms with Gasteiger partial charge in [-0.05, 0) is 31.5 Å². The van der Waals surface area contributed by atoms with Crippen molar-refractivity contribution in [2.24, 2.45) is 0 Å². The Balaban J connectivity index is 1.75. The van der Waals surface area contributed by atoms with E-state index < -0.39 is 9.84 Å². The molecule has 1 aliphatic rings. The number of amides is 1. The minimum absolute atomic E-state index is 0.0130. The average molecular weight is 390 g/mol. The van der Waals surface area contributed by atoms with Crippen molar-refractivity contribution in [2.75, 3.05) is 23.0 Å². The highest BCUT2D eigenvalue weighted by Gasteiger charge is 2.35. The van der Waals surface area contributed by atoms with Gasteiger partial charge >= 0.3 is 0 Å². The van der Waals surface area contributed by atoms with Crippen molar-refractivity contribution in [1.29, 1.82) is 0 Å². The Morgan fingerprint density at radius 2 is 1.85 bits per heavy atom. The summed E-state index contributed by atoms with van der Waals surface area (Å²) in [6.45, 7) is 1.78. The Labute approximate surface area is 159 Å². The lowest BCUT2D eigenvalue weighted by atomic mass is 10.1. The molecule has 1 amide bonds. The smallest absolute Gasteiger partial charge is 0.241 e. The van der Waals surface area contributed by atoms with Gasteiger partial charge in [-0.1, -0.05) is 36.4 Å². The van der Waals surface area contributed by atoms with Crippen molar-refractivity contribution < 1.29 is 17.6 Å². The first kappa shape index (κ1) is 19.5. The van der Waals surface area contributed by atoms with Gasteiger partial charge in [0.05, 0.1) is 24.1 Å². The average Bonchev–Trinajstić information content (AvgIpc) is 3.00. The Hall–Kier alpha value is -2.25. The molecule has 0 radical (unpaired) electrons. The molecule has 1 N–H and O–H groups in total. The molecule has 2 atom stereocenters. The van der Waals surface area contributed by atoms with Crippen LogP contribution in [0.25, 0.3) is 0 Å². The molecule has 144 valence electrons. The maximum Gasteiger partial charge on any atom is 0.241 e. The third-order valence-electron chi connectivity index (χ3n) is 4.81. The molecule has 0 spiro atoms. The summed E-state index contributed by atoms with van der Waals surface area (Å²) in [5.74, 6) is -0.498. The number of sulfone groups is 1. The van der Waals surface area contributed by atoms with Crippen LogP contribution in [0.3, 0.4) is 0 Å². The van der Waals surface area contributed by atoms with Crippen molar-refractivity contribution in [3.63, 3.8) is 0 Å². The van der Waals surface area contributed by atoms with Crippen molar-refractivity contribution >= 4 is 21.4 Å². The zero-order valence-electron chi connectivity index (χ0n) is 15.1. The van der Waals surface area contributed by atoms with Crippen LogP contribution >= 0.6 is 0 Å². The summed E-state index contributed by atoms with van der Waals surface area (Å²) in [5.41, 5.74) is 1.16. The van der Waals surface area contributed by atoms with E-state index in [1.807, 2.05) is 18.2 Å². The van der Waals surface area contributed by atoms with E-state index in [2.05, 4.69) is 5.32 Å². The second-order valence-electron chi connectivity index (χ2n) is 6.78. The lowest BCUT2D eigenvalue weighted by molar-refractivity contribution is -0.118. The van der Waals surface area contributed by atoms with Crippen molar-refractivity contribution in [2.45, 2.75) is 25.4 Å². The second-order valence-corrected chi connectivity index (χ2v) is 9.01. The first-order valence-corrected chi connectivity index (χ1v) is 10.7. The summed E-state index contributed by atoms with van der Waals surface area (Å²) in [4.78, 5) is 14.5. The number of benzene rings is 2. The zero-order chi connectivity index (χ0) is 19.4. The lowest BCUT2D eigenvalue weighted by Crippen LogP contribution is -2.46. The quantitative estimate of drug-likeness (QED) is 0.824. The first-order valence-electron chi connectivity index (χ1n) is 8.93. The predicted molar refractivity (Wildman–Crippen MR) is 104 cm³/mol. The number of hydrogen-bond donors (Lipinski definition) is 1. The third kappa shape index (κ3) is 4.73. The van der Waals surface area contributed by atoms with Crippen LogP contribution in [-0.4, -0.2) is 38.4 Å². The molecule has 27 heavy (non-hydrogen) atoms. The fourth-order valence-electron chi connectivity index (χ4n) is 3.39. The van der Waals surface area contributed by atoms with Gasteiger partial charge in [-0.15, -0.1) is 0 Å². The van der Waals surface area contributed by atoms with Gasteiger partial charge in [0.15, 0.2) is 9.84 Å². The van der Waals surface area contributed by atoms with Crippen LogP contribution in [0.15, 0.2) is 54.6 Å². The Bertz CT molecular complexity index is 902. The van der Waals surface area contributed by atoms with Gasteiger partial charge in [0.2, 0.25) is 5.91 Å². The molecule has 1 aliphatic heterocycles. The van der Waals surface area contributed by atoms with E-state index in [0.29, 0.717) is 17.7 Å². The second kappa shape index (κ2) is 8.19. The molecule has 5 nitrogen and oxygen atoms in total. The molecule has 0 aliphatic carbocycles.